The molecule has 1 aromatic heterocycles. The minimum Gasteiger partial charge on any atom is -0.339 e. The minimum absolute atomic E-state index is 0.616. The molecule has 0 saturated carbocycles. The van der Waals surface area contributed by atoms with E-state index in [1.54, 1.807) is 0 Å². The van der Waals surface area contributed by atoms with Crippen LogP contribution in [0.3, 0.4) is 0 Å². The van der Waals surface area contributed by atoms with Gasteiger partial charge >= 0.3 is 0 Å². The lowest BCUT2D eigenvalue weighted by molar-refractivity contribution is 0.373. The summed E-state index contributed by atoms with van der Waals surface area (Å²) < 4.78 is 6.20. The van der Waals surface area contributed by atoms with E-state index >= 15 is 0 Å². The first-order chi connectivity index (χ1) is 8.28. The van der Waals surface area contributed by atoms with E-state index in [-0.39, 0.29) is 0 Å². The molecule has 0 N–H and O–H groups in total. The zero-order valence-electron chi connectivity index (χ0n) is 9.20. The molecule has 1 heterocycles. The lowest BCUT2D eigenvalue weighted by Gasteiger charge is -1.96. The number of rotatable bonds is 5. The molecule has 1 aromatic carbocycles. The average Bonchev–Trinajstić information content (AvgIpc) is 2.77. The molecule has 0 bridgehead atoms. The second-order valence-electron chi connectivity index (χ2n) is 3.70. The average molecular weight is 316 g/mol. The summed E-state index contributed by atoms with van der Waals surface area (Å²) in [6, 6.07) is 8.09. The Morgan fingerprint density at radius 1 is 1.24 bits per heavy atom. The Balaban J connectivity index is 1.98. The monoisotopic (exact) mass is 314 g/mol. The second-order valence-corrected chi connectivity index (χ2v) is 4.99. The summed E-state index contributed by atoms with van der Waals surface area (Å²) in [6.45, 7) is 0. The first kappa shape index (κ1) is 12.6. The number of nitrogens with zero attached hydrogens (tertiary/aromatic N) is 2. The predicted octanol–water partition coefficient (Wildman–Crippen LogP) is 3.59. The molecule has 0 saturated heterocycles. The third kappa shape index (κ3) is 3.82. The van der Waals surface area contributed by atoms with Gasteiger partial charge in [-0.3, -0.25) is 0 Å². The molecule has 0 aliphatic rings. The first-order valence-electron chi connectivity index (χ1n) is 5.40. The second kappa shape index (κ2) is 6.17. The van der Waals surface area contributed by atoms with Gasteiger partial charge in [-0.1, -0.05) is 33.2 Å². The highest BCUT2D eigenvalue weighted by atomic mass is 79.9. The first-order valence-corrected chi connectivity index (χ1v) is 6.72. The molecule has 3 nitrogen and oxygen atoms in total. The maximum Gasteiger partial charge on any atom is 0.226 e. The summed E-state index contributed by atoms with van der Waals surface area (Å²) in [5, 5.41) is 3.95. The summed E-state index contributed by atoms with van der Waals surface area (Å²) >= 11 is 9.01. The standard InChI is InChI=1S/C12H12BrClN2O/c13-10-5-3-9(4-6-10)8-11-15-12(17-16-11)2-1-7-14/h3-6H,1-2,7-8H2. The summed E-state index contributed by atoms with van der Waals surface area (Å²) in [4.78, 5) is 4.32. The molecule has 2 aromatic rings. The van der Waals surface area contributed by atoms with E-state index < -0.39 is 0 Å². The van der Waals surface area contributed by atoms with Crippen LogP contribution in [-0.2, 0) is 12.8 Å². The van der Waals surface area contributed by atoms with Crippen LogP contribution in [-0.4, -0.2) is 16.0 Å². The van der Waals surface area contributed by atoms with Crippen molar-refractivity contribution in [2.24, 2.45) is 0 Å². The Labute approximate surface area is 113 Å². The Morgan fingerprint density at radius 3 is 2.71 bits per heavy atom. The summed E-state index contributed by atoms with van der Waals surface area (Å²) in [5.41, 5.74) is 1.16. The van der Waals surface area contributed by atoms with Crippen molar-refractivity contribution < 1.29 is 4.52 Å². The zero-order valence-corrected chi connectivity index (χ0v) is 11.5. The highest BCUT2D eigenvalue weighted by Crippen LogP contribution is 2.13. The molecule has 0 atom stereocenters. The van der Waals surface area contributed by atoms with Gasteiger partial charge in [-0.15, -0.1) is 11.6 Å². The number of benzene rings is 1. The Bertz CT molecular complexity index is 470. The molecule has 0 radical (unpaired) electrons. The Kier molecular flexibility index (Phi) is 4.57. The number of alkyl halides is 1. The van der Waals surface area contributed by atoms with Crippen LogP contribution in [0.4, 0.5) is 0 Å². The third-order valence-corrected chi connectivity index (χ3v) is 3.11. The molecule has 0 spiro atoms. The number of hydrogen-bond donors (Lipinski definition) is 0. The Morgan fingerprint density at radius 2 is 2.00 bits per heavy atom. The smallest absolute Gasteiger partial charge is 0.226 e. The van der Waals surface area contributed by atoms with Crippen molar-refractivity contribution in [3.05, 3.63) is 46.0 Å². The molecule has 0 amide bonds. The lowest BCUT2D eigenvalue weighted by Crippen LogP contribution is -1.91. The molecular weight excluding hydrogens is 304 g/mol. The summed E-state index contributed by atoms with van der Waals surface area (Å²) in [7, 11) is 0. The van der Waals surface area contributed by atoms with Crippen LogP contribution in [0, 0.1) is 0 Å². The van der Waals surface area contributed by atoms with Gasteiger partial charge in [-0.2, -0.15) is 4.98 Å². The molecule has 0 fully saturated rings. The maximum absolute atomic E-state index is 5.61. The number of aromatic nitrogens is 2. The van der Waals surface area contributed by atoms with Gasteiger partial charge in [0.2, 0.25) is 5.89 Å². The van der Waals surface area contributed by atoms with Crippen LogP contribution in [0.5, 0.6) is 0 Å². The van der Waals surface area contributed by atoms with Gasteiger partial charge in [-0.05, 0) is 24.1 Å². The van der Waals surface area contributed by atoms with E-state index in [2.05, 4.69) is 26.1 Å². The lowest BCUT2D eigenvalue weighted by atomic mass is 10.1. The van der Waals surface area contributed by atoms with Crippen molar-refractivity contribution in [2.75, 3.05) is 5.88 Å². The molecule has 0 aliphatic heterocycles. The van der Waals surface area contributed by atoms with E-state index in [0.717, 1.165) is 28.7 Å². The van der Waals surface area contributed by atoms with E-state index in [1.165, 1.54) is 0 Å². The molecule has 5 heteroatoms. The van der Waals surface area contributed by atoms with E-state index in [9.17, 15) is 0 Å². The van der Waals surface area contributed by atoms with Gasteiger partial charge in [0, 0.05) is 23.2 Å². The van der Waals surface area contributed by atoms with Gasteiger partial charge in [0.1, 0.15) is 0 Å². The van der Waals surface area contributed by atoms with Crippen LogP contribution in [0.2, 0.25) is 0 Å². The SMILES string of the molecule is ClCCCc1nc(Cc2ccc(Br)cc2)no1. The number of aryl methyl sites for hydroxylation is 1. The quantitative estimate of drug-likeness (QED) is 0.791. The molecule has 17 heavy (non-hydrogen) atoms. The number of hydrogen-bond acceptors (Lipinski definition) is 3. The molecule has 0 aliphatic carbocycles. The maximum atomic E-state index is 5.61. The van der Waals surface area contributed by atoms with Crippen molar-refractivity contribution in [1.29, 1.82) is 0 Å². The van der Waals surface area contributed by atoms with Crippen molar-refractivity contribution in [1.82, 2.24) is 10.1 Å². The molecule has 90 valence electrons. The zero-order chi connectivity index (χ0) is 12.1. The predicted molar refractivity (Wildman–Crippen MR) is 70.3 cm³/mol. The van der Waals surface area contributed by atoms with Gasteiger partial charge < -0.3 is 4.52 Å². The third-order valence-electron chi connectivity index (χ3n) is 2.31. The fourth-order valence-corrected chi connectivity index (χ4v) is 1.86. The van der Waals surface area contributed by atoms with Crippen molar-refractivity contribution in [2.45, 2.75) is 19.3 Å². The van der Waals surface area contributed by atoms with Crippen LogP contribution in [0.1, 0.15) is 23.7 Å². The highest BCUT2D eigenvalue weighted by Gasteiger charge is 2.06. The summed E-state index contributed by atoms with van der Waals surface area (Å²) in [6.07, 6.45) is 2.30. The topological polar surface area (TPSA) is 38.9 Å². The Hall–Kier alpha value is -0.870. The van der Waals surface area contributed by atoms with Crippen LogP contribution >= 0.6 is 27.5 Å². The van der Waals surface area contributed by atoms with E-state index in [4.69, 9.17) is 16.1 Å². The van der Waals surface area contributed by atoms with Gasteiger partial charge in [0.05, 0.1) is 0 Å². The van der Waals surface area contributed by atoms with Crippen molar-refractivity contribution in [3.8, 4) is 0 Å². The summed E-state index contributed by atoms with van der Waals surface area (Å²) in [5.74, 6) is 2.00. The van der Waals surface area contributed by atoms with Gasteiger partial charge in [0.15, 0.2) is 5.82 Å². The largest absolute Gasteiger partial charge is 0.339 e. The van der Waals surface area contributed by atoms with Crippen molar-refractivity contribution >= 4 is 27.5 Å². The highest BCUT2D eigenvalue weighted by molar-refractivity contribution is 9.10. The molecular formula is C12H12BrClN2O. The fraction of sp³-hybridized carbons (Fsp3) is 0.333. The molecule has 2 rings (SSSR count). The van der Waals surface area contributed by atoms with Crippen LogP contribution in [0.15, 0.2) is 33.3 Å². The van der Waals surface area contributed by atoms with E-state index in [1.807, 2.05) is 24.3 Å². The molecule has 0 unspecified atom stereocenters. The number of halogens is 2. The van der Waals surface area contributed by atoms with Crippen LogP contribution in [0.25, 0.3) is 0 Å². The normalized spacial score (nSPS) is 10.7. The van der Waals surface area contributed by atoms with Gasteiger partial charge in [0.25, 0.3) is 0 Å². The van der Waals surface area contributed by atoms with Crippen LogP contribution < -0.4 is 0 Å². The fourth-order valence-electron chi connectivity index (χ4n) is 1.47. The van der Waals surface area contributed by atoms with E-state index in [0.29, 0.717) is 18.2 Å². The van der Waals surface area contributed by atoms with Crippen molar-refractivity contribution in [3.63, 3.8) is 0 Å². The minimum atomic E-state index is 0.616. The van der Waals surface area contributed by atoms with Gasteiger partial charge in [-0.25, -0.2) is 0 Å².